The molecule has 3 N–H and O–H groups in total. The fourth-order valence-electron chi connectivity index (χ4n) is 2.27. The quantitative estimate of drug-likeness (QED) is 0.624. The number of aliphatic carboxylic acids is 2. The van der Waals surface area contributed by atoms with Crippen LogP contribution in [0.3, 0.4) is 0 Å². The maximum absolute atomic E-state index is 11.3. The Kier molecular flexibility index (Phi) is 2.30. The number of hydrogen-bond donors (Lipinski definition) is 3. The Hall–Kier alpha value is -2.11. The summed E-state index contributed by atoms with van der Waals surface area (Å²) in [7, 11) is 0. The summed E-state index contributed by atoms with van der Waals surface area (Å²) in [5.74, 6) is -2.74. The van der Waals surface area contributed by atoms with Crippen LogP contribution >= 0.6 is 0 Å². The Bertz CT molecular complexity index is 558. The molecule has 1 aromatic rings. The summed E-state index contributed by atoms with van der Waals surface area (Å²) in [6.45, 7) is 1.64. The van der Waals surface area contributed by atoms with Gasteiger partial charge < -0.3 is 15.2 Å². The predicted octanol–water partition coefficient (Wildman–Crippen LogP) is -0.0625. The molecule has 0 unspecified atom stereocenters. The van der Waals surface area contributed by atoms with E-state index in [1.165, 1.54) is 6.07 Å². The number of carboxylic acid groups (broad SMARTS) is 2. The largest absolute Gasteiger partial charge is 0.480 e. The highest BCUT2D eigenvalue weighted by Crippen LogP contribution is 2.38. The first-order valence-corrected chi connectivity index (χ1v) is 5.05. The fraction of sp³-hybridized carbons (Fsp3) is 0.364. The Labute approximate surface area is 95.9 Å². The SMILES string of the molecule is Cc1[nH]c(=O)cc2c1CC(C(=O)O)(C(=O)O)C2. The smallest absolute Gasteiger partial charge is 0.321 e. The topological polar surface area (TPSA) is 107 Å². The van der Waals surface area contributed by atoms with E-state index in [9.17, 15) is 14.4 Å². The lowest BCUT2D eigenvalue weighted by Gasteiger charge is -2.17. The number of hydrogen-bond acceptors (Lipinski definition) is 3. The molecule has 1 aliphatic rings. The average molecular weight is 237 g/mol. The summed E-state index contributed by atoms with van der Waals surface area (Å²) in [6, 6.07) is 1.27. The summed E-state index contributed by atoms with van der Waals surface area (Å²) in [5.41, 5.74) is -0.510. The standard InChI is InChI=1S/C11H11NO5/c1-5-7-4-11(9(14)15,10(16)17)3-6(7)2-8(13)12-5/h2H,3-4H2,1H3,(H,12,13)(H,14,15)(H,16,17). The molecule has 0 spiro atoms. The van der Waals surface area contributed by atoms with Gasteiger partial charge in [-0.3, -0.25) is 14.4 Å². The molecule has 0 saturated carbocycles. The van der Waals surface area contributed by atoms with E-state index in [0.717, 1.165) is 0 Å². The number of aromatic nitrogens is 1. The molecule has 6 nitrogen and oxygen atoms in total. The molecule has 6 heteroatoms. The second-order valence-electron chi connectivity index (χ2n) is 4.31. The van der Waals surface area contributed by atoms with Gasteiger partial charge >= 0.3 is 11.9 Å². The lowest BCUT2D eigenvalue weighted by Crippen LogP contribution is -2.40. The number of aryl methyl sites for hydroxylation is 1. The normalized spacial score (nSPS) is 16.5. The zero-order chi connectivity index (χ0) is 12.8. The van der Waals surface area contributed by atoms with Crippen molar-refractivity contribution in [2.24, 2.45) is 5.41 Å². The highest BCUT2D eigenvalue weighted by molar-refractivity contribution is 5.99. The number of carboxylic acids is 2. The van der Waals surface area contributed by atoms with E-state index in [4.69, 9.17) is 10.2 Å². The first kappa shape index (κ1) is 11.4. The summed E-state index contributed by atoms with van der Waals surface area (Å²) >= 11 is 0. The van der Waals surface area contributed by atoms with Crippen LogP contribution in [0.4, 0.5) is 0 Å². The molecule has 0 radical (unpaired) electrons. The highest BCUT2D eigenvalue weighted by Gasteiger charge is 2.51. The van der Waals surface area contributed by atoms with E-state index in [0.29, 0.717) is 16.8 Å². The number of H-pyrrole nitrogens is 1. The lowest BCUT2D eigenvalue weighted by molar-refractivity contribution is -0.163. The maximum Gasteiger partial charge on any atom is 0.321 e. The van der Waals surface area contributed by atoms with E-state index in [-0.39, 0.29) is 18.4 Å². The molecule has 0 bridgehead atoms. The first-order valence-electron chi connectivity index (χ1n) is 5.05. The third kappa shape index (κ3) is 1.52. The van der Waals surface area contributed by atoms with Crippen LogP contribution in [0, 0.1) is 12.3 Å². The summed E-state index contributed by atoms with van der Waals surface area (Å²) in [5, 5.41) is 18.2. The van der Waals surface area contributed by atoms with Crippen molar-refractivity contribution in [3.8, 4) is 0 Å². The van der Waals surface area contributed by atoms with Crippen LogP contribution in [0.25, 0.3) is 0 Å². The van der Waals surface area contributed by atoms with E-state index in [1.807, 2.05) is 0 Å². The number of rotatable bonds is 2. The number of fused-ring (bicyclic) bond motifs is 1. The maximum atomic E-state index is 11.3. The fourth-order valence-corrected chi connectivity index (χ4v) is 2.27. The molecule has 1 heterocycles. The molecule has 0 saturated heterocycles. The molecule has 0 atom stereocenters. The molecule has 0 amide bonds. The van der Waals surface area contributed by atoms with Gasteiger partial charge in [0, 0.05) is 24.6 Å². The average Bonchev–Trinajstić information content (AvgIpc) is 2.58. The molecule has 0 aliphatic heterocycles. The van der Waals surface area contributed by atoms with Crippen molar-refractivity contribution in [2.45, 2.75) is 19.8 Å². The first-order chi connectivity index (χ1) is 7.86. The van der Waals surface area contributed by atoms with Crippen LogP contribution in [0.2, 0.25) is 0 Å². The Morgan fingerprint density at radius 3 is 2.41 bits per heavy atom. The van der Waals surface area contributed by atoms with E-state index in [1.54, 1.807) is 6.92 Å². The van der Waals surface area contributed by atoms with Crippen molar-refractivity contribution in [1.29, 1.82) is 0 Å². The highest BCUT2D eigenvalue weighted by atomic mass is 16.4. The third-order valence-corrected chi connectivity index (χ3v) is 3.25. The molecular weight excluding hydrogens is 226 g/mol. The minimum Gasteiger partial charge on any atom is -0.480 e. The van der Waals surface area contributed by atoms with Crippen molar-refractivity contribution in [1.82, 2.24) is 4.98 Å². The van der Waals surface area contributed by atoms with Gasteiger partial charge in [0.1, 0.15) is 0 Å². The van der Waals surface area contributed by atoms with Crippen molar-refractivity contribution in [3.05, 3.63) is 33.2 Å². The van der Waals surface area contributed by atoms with Crippen molar-refractivity contribution in [2.75, 3.05) is 0 Å². The van der Waals surface area contributed by atoms with Gasteiger partial charge in [0.25, 0.3) is 0 Å². The Morgan fingerprint density at radius 1 is 1.29 bits per heavy atom. The van der Waals surface area contributed by atoms with Crippen LogP contribution < -0.4 is 5.56 Å². The van der Waals surface area contributed by atoms with Crippen LogP contribution in [0.1, 0.15) is 16.8 Å². The summed E-state index contributed by atoms with van der Waals surface area (Å²) in [6.07, 6.45) is -0.229. The van der Waals surface area contributed by atoms with Crippen molar-refractivity contribution in [3.63, 3.8) is 0 Å². The molecular formula is C11H11NO5. The van der Waals surface area contributed by atoms with Gasteiger partial charge in [-0.2, -0.15) is 0 Å². The number of pyridine rings is 1. The van der Waals surface area contributed by atoms with Gasteiger partial charge in [0.2, 0.25) is 5.56 Å². The predicted molar refractivity (Wildman–Crippen MR) is 56.9 cm³/mol. The number of aromatic amines is 1. The minimum absolute atomic E-state index is 0.0877. The molecule has 2 rings (SSSR count). The van der Waals surface area contributed by atoms with Crippen molar-refractivity contribution < 1.29 is 19.8 Å². The van der Waals surface area contributed by atoms with Gasteiger partial charge in [-0.05, 0) is 18.1 Å². The van der Waals surface area contributed by atoms with Crippen LogP contribution in [0.5, 0.6) is 0 Å². The second kappa shape index (κ2) is 3.44. The molecule has 0 fully saturated rings. The zero-order valence-electron chi connectivity index (χ0n) is 9.11. The molecule has 0 aromatic carbocycles. The summed E-state index contributed by atoms with van der Waals surface area (Å²) in [4.78, 5) is 36.1. The van der Waals surface area contributed by atoms with E-state index >= 15 is 0 Å². The summed E-state index contributed by atoms with van der Waals surface area (Å²) < 4.78 is 0. The van der Waals surface area contributed by atoms with Crippen molar-refractivity contribution >= 4 is 11.9 Å². The second-order valence-corrected chi connectivity index (χ2v) is 4.31. The Morgan fingerprint density at radius 2 is 1.88 bits per heavy atom. The molecule has 90 valence electrons. The van der Waals surface area contributed by atoms with Gasteiger partial charge in [0.05, 0.1) is 0 Å². The van der Waals surface area contributed by atoms with E-state index in [2.05, 4.69) is 4.98 Å². The molecule has 17 heavy (non-hydrogen) atoms. The third-order valence-electron chi connectivity index (χ3n) is 3.25. The number of nitrogens with one attached hydrogen (secondary N) is 1. The van der Waals surface area contributed by atoms with Gasteiger partial charge in [-0.1, -0.05) is 0 Å². The lowest BCUT2D eigenvalue weighted by atomic mass is 9.85. The zero-order valence-corrected chi connectivity index (χ0v) is 9.11. The Balaban J connectivity index is 2.58. The van der Waals surface area contributed by atoms with Gasteiger partial charge in [0.15, 0.2) is 5.41 Å². The van der Waals surface area contributed by atoms with Crippen LogP contribution in [-0.4, -0.2) is 27.1 Å². The monoisotopic (exact) mass is 237 g/mol. The van der Waals surface area contributed by atoms with Crippen LogP contribution in [0.15, 0.2) is 10.9 Å². The van der Waals surface area contributed by atoms with Gasteiger partial charge in [-0.15, -0.1) is 0 Å². The van der Waals surface area contributed by atoms with Crippen LogP contribution in [-0.2, 0) is 22.4 Å². The minimum atomic E-state index is -1.84. The van der Waals surface area contributed by atoms with E-state index < -0.39 is 17.4 Å². The number of carbonyl (C=O) groups is 2. The van der Waals surface area contributed by atoms with Gasteiger partial charge in [-0.25, -0.2) is 0 Å². The molecule has 1 aliphatic carbocycles. The molecule has 1 aromatic heterocycles.